The van der Waals surface area contributed by atoms with Gasteiger partial charge in [-0.1, -0.05) is 43.5 Å². The predicted octanol–water partition coefficient (Wildman–Crippen LogP) is 4.10. The number of nitrogens with two attached hydrogens (primary N) is 1. The summed E-state index contributed by atoms with van der Waals surface area (Å²) in [5.41, 5.74) is 8.48. The summed E-state index contributed by atoms with van der Waals surface area (Å²) >= 11 is 0. The molecule has 1 heterocycles. The number of piperidine rings is 1. The average molecular weight is 362 g/mol. The van der Waals surface area contributed by atoms with Crippen LogP contribution in [0, 0.1) is 11.8 Å². The number of carbonyl (C=O) groups is 2. The zero-order valence-corrected chi connectivity index (χ0v) is 15.6. The Labute approximate surface area is 160 Å². The van der Waals surface area contributed by atoms with Gasteiger partial charge in [-0.2, -0.15) is 0 Å². The smallest absolute Gasteiger partial charge is 0.253 e. The zero-order chi connectivity index (χ0) is 18.8. The van der Waals surface area contributed by atoms with Crippen molar-refractivity contribution in [3.05, 3.63) is 59.7 Å². The molecule has 1 saturated heterocycles. The Morgan fingerprint density at radius 2 is 1.59 bits per heavy atom. The van der Waals surface area contributed by atoms with E-state index < -0.39 is 5.91 Å². The second-order valence-electron chi connectivity index (χ2n) is 7.87. The summed E-state index contributed by atoms with van der Waals surface area (Å²) < 4.78 is 0. The Morgan fingerprint density at radius 3 is 2.33 bits per heavy atom. The van der Waals surface area contributed by atoms with Crippen molar-refractivity contribution in [1.82, 2.24) is 4.90 Å². The van der Waals surface area contributed by atoms with Crippen LogP contribution in [0.15, 0.2) is 48.5 Å². The number of primary amides is 1. The minimum atomic E-state index is -0.434. The molecule has 1 aliphatic heterocycles. The molecule has 2 atom stereocenters. The lowest BCUT2D eigenvalue weighted by molar-refractivity contribution is 0.0521. The van der Waals surface area contributed by atoms with Gasteiger partial charge in [0.2, 0.25) is 5.91 Å². The van der Waals surface area contributed by atoms with E-state index in [9.17, 15) is 9.59 Å². The average Bonchev–Trinajstić information content (AvgIpc) is 2.73. The van der Waals surface area contributed by atoms with Crippen LogP contribution in [0.2, 0.25) is 0 Å². The molecular weight excluding hydrogens is 336 g/mol. The quantitative estimate of drug-likeness (QED) is 0.893. The van der Waals surface area contributed by atoms with E-state index in [1.165, 1.54) is 25.7 Å². The van der Waals surface area contributed by atoms with Gasteiger partial charge in [0, 0.05) is 24.2 Å². The predicted molar refractivity (Wildman–Crippen MR) is 106 cm³/mol. The maximum absolute atomic E-state index is 13.1. The Morgan fingerprint density at radius 1 is 0.852 bits per heavy atom. The maximum Gasteiger partial charge on any atom is 0.253 e. The molecule has 2 aromatic carbocycles. The normalized spacial score (nSPS) is 22.1. The van der Waals surface area contributed by atoms with Gasteiger partial charge in [0.1, 0.15) is 0 Å². The summed E-state index contributed by atoms with van der Waals surface area (Å²) in [4.78, 5) is 26.3. The number of carbonyl (C=O) groups excluding carboxylic acids is 2. The van der Waals surface area contributed by atoms with E-state index in [1.807, 2.05) is 41.3 Å². The fourth-order valence-electron chi connectivity index (χ4n) is 4.63. The third kappa shape index (κ3) is 3.75. The van der Waals surface area contributed by atoms with Gasteiger partial charge in [-0.15, -0.1) is 0 Å². The zero-order valence-electron chi connectivity index (χ0n) is 15.6. The minimum absolute atomic E-state index is 0.134. The molecule has 2 aromatic rings. The van der Waals surface area contributed by atoms with Crippen molar-refractivity contribution in [2.45, 2.75) is 32.1 Å². The van der Waals surface area contributed by atoms with Gasteiger partial charge < -0.3 is 10.6 Å². The number of rotatable bonds is 3. The van der Waals surface area contributed by atoms with Crippen LogP contribution in [-0.2, 0) is 0 Å². The van der Waals surface area contributed by atoms with Crippen molar-refractivity contribution in [3.8, 4) is 11.1 Å². The largest absolute Gasteiger partial charge is 0.366 e. The summed E-state index contributed by atoms with van der Waals surface area (Å²) in [6.07, 6.45) is 6.40. The van der Waals surface area contributed by atoms with Crippen LogP contribution in [0.3, 0.4) is 0 Å². The maximum atomic E-state index is 13.1. The third-order valence-corrected chi connectivity index (χ3v) is 6.19. The van der Waals surface area contributed by atoms with E-state index in [0.717, 1.165) is 42.1 Å². The van der Waals surface area contributed by atoms with Gasteiger partial charge in [0.25, 0.3) is 5.91 Å². The molecule has 4 rings (SSSR count). The van der Waals surface area contributed by atoms with Gasteiger partial charge >= 0.3 is 0 Å². The van der Waals surface area contributed by atoms with Crippen LogP contribution in [0.25, 0.3) is 11.1 Å². The fourth-order valence-corrected chi connectivity index (χ4v) is 4.63. The molecular formula is C23H26N2O2. The lowest BCUT2D eigenvalue weighted by Gasteiger charge is -2.41. The molecule has 140 valence electrons. The minimum Gasteiger partial charge on any atom is -0.366 e. The van der Waals surface area contributed by atoms with Crippen LogP contribution in [0.4, 0.5) is 0 Å². The van der Waals surface area contributed by atoms with Crippen LogP contribution < -0.4 is 5.73 Å². The first-order valence-corrected chi connectivity index (χ1v) is 9.91. The molecule has 0 aromatic heterocycles. The highest BCUT2D eigenvalue weighted by Crippen LogP contribution is 2.36. The highest BCUT2D eigenvalue weighted by Gasteiger charge is 2.33. The number of benzene rings is 2. The Hall–Kier alpha value is -2.62. The molecule has 4 nitrogen and oxygen atoms in total. The molecule has 4 heteroatoms. The fraction of sp³-hybridized carbons (Fsp3) is 0.391. The highest BCUT2D eigenvalue weighted by atomic mass is 16.2. The molecule has 1 saturated carbocycles. The molecule has 2 amide bonds. The Bertz CT molecular complexity index is 844. The standard InChI is InChI=1S/C23H26N2O2/c24-22(26)18-10-8-17(9-11-18)19-6-3-7-20(14-19)23(27)25-13-12-16-4-1-2-5-21(16)15-25/h3,6-11,14,16,21H,1-2,4-5,12-13,15H2,(H2,24,26)/t16-,21-/m0/s1. The Balaban J connectivity index is 1.51. The van der Waals surface area contributed by atoms with E-state index in [-0.39, 0.29) is 5.91 Å². The van der Waals surface area contributed by atoms with Gasteiger partial charge in [-0.3, -0.25) is 9.59 Å². The third-order valence-electron chi connectivity index (χ3n) is 6.19. The molecule has 27 heavy (non-hydrogen) atoms. The molecule has 1 aliphatic carbocycles. The number of hydrogen-bond acceptors (Lipinski definition) is 2. The van der Waals surface area contributed by atoms with Crippen LogP contribution in [0.1, 0.15) is 52.8 Å². The molecule has 0 bridgehead atoms. The molecule has 0 radical (unpaired) electrons. The summed E-state index contributed by atoms with van der Waals surface area (Å²) in [5.74, 6) is 1.20. The van der Waals surface area contributed by atoms with Gasteiger partial charge in [-0.05, 0) is 60.1 Å². The summed E-state index contributed by atoms with van der Waals surface area (Å²) in [7, 11) is 0. The van der Waals surface area contributed by atoms with Crippen molar-refractivity contribution < 1.29 is 9.59 Å². The lowest BCUT2D eigenvalue weighted by atomic mass is 9.75. The highest BCUT2D eigenvalue weighted by molar-refractivity contribution is 5.96. The van der Waals surface area contributed by atoms with Gasteiger partial charge in [0.15, 0.2) is 0 Å². The van der Waals surface area contributed by atoms with Crippen LogP contribution in [0.5, 0.6) is 0 Å². The number of hydrogen-bond donors (Lipinski definition) is 1. The second kappa shape index (κ2) is 7.55. The summed E-state index contributed by atoms with van der Waals surface area (Å²) in [5, 5.41) is 0. The molecule has 0 unspecified atom stereocenters. The summed E-state index contributed by atoms with van der Waals surface area (Å²) in [6.45, 7) is 1.78. The van der Waals surface area contributed by atoms with Crippen molar-refractivity contribution in [1.29, 1.82) is 0 Å². The molecule has 0 spiro atoms. The van der Waals surface area contributed by atoms with Crippen molar-refractivity contribution in [2.24, 2.45) is 17.6 Å². The van der Waals surface area contributed by atoms with E-state index in [1.54, 1.807) is 12.1 Å². The van der Waals surface area contributed by atoms with E-state index in [2.05, 4.69) is 0 Å². The van der Waals surface area contributed by atoms with Crippen molar-refractivity contribution >= 4 is 11.8 Å². The van der Waals surface area contributed by atoms with E-state index in [4.69, 9.17) is 5.73 Å². The van der Waals surface area contributed by atoms with Crippen molar-refractivity contribution in [3.63, 3.8) is 0 Å². The van der Waals surface area contributed by atoms with E-state index in [0.29, 0.717) is 11.5 Å². The number of likely N-dealkylation sites (tertiary alicyclic amines) is 1. The van der Waals surface area contributed by atoms with Crippen LogP contribution >= 0.6 is 0 Å². The van der Waals surface area contributed by atoms with Gasteiger partial charge in [-0.25, -0.2) is 0 Å². The second-order valence-corrected chi connectivity index (χ2v) is 7.87. The SMILES string of the molecule is NC(=O)c1ccc(-c2cccc(C(=O)N3CC[C@@H]4CCCC[C@H]4C3)c2)cc1. The van der Waals surface area contributed by atoms with E-state index >= 15 is 0 Å². The molecule has 2 N–H and O–H groups in total. The molecule has 2 aliphatic rings. The van der Waals surface area contributed by atoms with Crippen molar-refractivity contribution in [2.75, 3.05) is 13.1 Å². The Kier molecular flexibility index (Phi) is 4.97. The first-order valence-electron chi connectivity index (χ1n) is 9.91. The lowest BCUT2D eigenvalue weighted by Crippen LogP contribution is -2.44. The first kappa shape index (κ1) is 17.8. The number of nitrogens with zero attached hydrogens (tertiary/aromatic N) is 1. The molecule has 2 fully saturated rings. The van der Waals surface area contributed by atoms with Crippen LogP contribution in [-0.4, -0.2) is 29.8 Å². The van der Waals surface area contributed by atoms with Gasteiger partial charge in [0.05, 0.1) is 0 Å². The summed E-state index contributed by atoms with van der Waals surface area (Å²) in [6, 6.07) is 15.0. The monoisotopic (exact) mass is 362 g/mol. The number of amides is 2. The number of fused-ring (bicyclic) bond motifs is 1. The topological polar surface area (TPSA) is 63.4 Å². The first-order chi connectivity index (χ1) is 13.1.